The highest BCUT2D eigenvalue weighted by Gasteiger charge is 2.31. The van der Waals surface area contributed by atoms with Crippen molar-refractivity contribution in [2.24, 2.45) is 11.1 Å². The maximum atomic E-state index is 12.7. The second kappa shape index (κ2) is 10.7. The smallest absolute Gasteiger partial charge is 0.251 e. The van der Waals surface area contributed by atoms with E-state index in [-0.39, 0.29) is 17.2 Å². The predicted molar refractivity (Wildman–Crippen MR) is 141 cm³/mol. The normalized spacial score (nSPS) is 16.5. The van der Waals surface area contributed by atoms with Crippen molar-refractivity contribution in [2.45, 2.75) is 52.0 Å². The third kappa shape index (κ3) is 5.53. The van der Waals surface area contributed by atoms with Crippen molar-refractivity contribution in [2.75, 3.05) is 48.9 Å². The molecule has 1 saturated carbocycles. The zero-order chi connectivity index (χ0) is 25.9. The number of hydrogen-bond acceptors (Lipinski definition) is 8. The van der Waals surface area contributed by atoms with Crippen LogP contribution in [0.5, 0.6) is 5.75 Å². The van der Waals surface area contributed by atoms with Gasteiger partial charge in [0.1, 0.15) is 11.4 Å². The Hall–Kier alpha value is -3.40. The van der Waals surface area contributed by atoms with Crippen molar-refractivity contribution in [3.63, 3.8) is 0 Å². The van der Waals surface area contributed by atoms with Crippen LogP contribution in [0.1, 0.15) is 56.3 Å². The number of benzene rings is 1. The second-order valence-corrected chi connectivity index (χ2v) is 10.3. The molecular weight excluding hydrogens is 458 g/mol. The van der Waals surface area contributed by atoms with Gasteiger partial charge >= 0.3 is 0 Å². The third-order valence-electron chi connectivity index (χ3n) is 7.08. The lowest BCUT2D eigenvalue weighted by atomic mass is 9.94. The number of aromatic nitrogens is 2. The molecule has 0 radical (unpaired) electrons. The average molecular weight is 496 g/mol. The minimum absolute atomic E-state index is 0.0615. The third-order valence-corrected chi connectivity index (χ3v) is 7.08. The number of anilines is 4. The largest absolute Gasteiger partial charge is 0.495 e. The van der Waals surface area contributed by atoms with E-state index in [0.717, 1.165) is 18.7 Å². The highest BCUT2D eigenvalue weighted by Crippen LogP contribution is 2.37. The fourth-order valence-electron chi connectivity index (χ4n) is 4.62. The quantitative estimate of drug-likeness (QED) is 0.510. The summed E-state index contributed by atoms with van der Waals surface area (Å²) in [5, 5.41) is 6.17. The van der Waals surface area contributed by atoms with Crippen LogP contribution in [-0.4, -0.2) is 61.6 Å². The van der Waals surface area contributed by atoms with Gasteiger partial charge in [-0.05, 0) is 43.0 Å². The lowest BCUT2D eigenvalue weighted by molar-refractivity contribution is -0.118. The molecule has 0 saturated heterocycles. The van der Waals surface area contributed by atoms with Crippen LogP contribution >= 0.6 is 0 Å². The number of nitrogens with one attached hydrogen (secondary N) is 2. The highest BCUT2D eigenvalue weighted by atomic mass is 16.5. The molecule has 4 rings (SSSR count). The van der Waals surface area contributed by atoms with Crippen LogP contribution in [0.2, 0.25) is 0 Å². The van der Waals surface area contributed by atoms with Crippen LogP contribution in [0.3, 0.4) is 0 Å². The van der Waals surface area contributed by atoms with Gasteiger partial charge in [-0.15, -0.1) is 0 Å². The Labute approximate surface area is 212 Å². The van der Waals surface area contributed by atoms with E-state index >= 15 is 0 Å². The zero-order valence-electron chi connectivity index (χ0n) is 21.6. The van der Waals surface area contributed by atoms with E-state index in [9.17, 15) is 9.59 Å². The summed E-state index contributed by atoms with van der Waals surface area (Å²) in [6.07, 6.45) is 6.73. The van der Waals surface area contributed by atoms with E-state index in [0.29, 0.717) is 60.7 Å². The van der Waals surface area contributed by atoms with E-state index in [1.807, 2.05) is 13.8 Å². The maximum absolute atomic E-state index is 12.7. The van der Waals surface area contributed by atoms with Crippen molar-refractivity contribution < 1.29 is 14.3 Å². The van der Waals surface area contributed by atoms with Gasteiger partial charge in [0.15, 0.2) is 5.82 Å². The van der Waals surface area contributed by atoms with Crippen molar-refractivity contribution in [1.29, 1.82) is 0 Å². The number of nitrogens with zero attached hydrogens (tertiary/aromatic N) is 4. The number of fused-ring (bicyclic) bond motifs is 1. The molecule has 1 aromatic heterocycles. The summed E-state index contributed by atoms with van der Waals surface area (Å²) in [4.78, 5) is 38.5. The van der Waals surface area contributed by atoms with Gasteiger partial charge in [0.2, 0.25) is 11.9 Å². The first-order valence-electron chi connectivity index (χ1n) is 12.6. The monoisotopic (exact) mass is 495 g/mol. The summed E-state index contributed by atoms with van der Waals surface area (Å²) in [5.74, 6) is 1.54. The van der Waals surface area contributed by atoms with Gasteiger partial charge in [-0.3, -0.25) is 9.59 Å². The van der Waals surface area contributed by atoms with E-state index in [2.05, 4.69) is 20.5 Å². The number of ether oxygens (including phenoxy) is 1. The van der Waals surface area contributed by atoms with Gasteiger partial charge in [0.25, 0.3) is 5.91 Å². The Morgan fingerprint density at radius 2 is 2.03 bits per heavy atom. The molecule has 194 valence electrons. The minimum Gasteiger partial charge on any atom is -0.495 e. The van der Waals surface area contributed by atoms with Crippen LogP contribution < -0.4 is 30.9 Å². The summed E-state index contributed by atoms with van der Waals surface area (Å²) in [5.41, 5.74) is 7.42. The van der Waals surface area contributed by atoms with Crippen LogP contribution in [0.25, 0.3) is 0 Å². The first-order valence-corrected chi connectivity index (χ1v) is 12.6. The minimum atomic E-state index is -0.192. The van der Waals surface area contributed by atoms with Gasteiger partial charge in [-0.2, -0.15) is 4.98 Å². The molecule has 1 aromatic carbocycles. The molecule has 10 nitrogen and oxygen atoms in total. The van der Waals surface area contributed by atoms with Crippen molar-refractivity contribution in [3.8, 4) is 5.75 Å². The molecule has 2 amide bonds. The van der Waals surface area contributed by atoms with E-state index in [4.69, 9.17) is 15.5 Å². The molecule has 0 atom stereocenters. The first kappa shape index (κ1) is 25.7. The van der Waals surface area contributed by atoms with Gasteiger partial charge < -0.3 is 30.9 Å². The molecule has 1 aliphatic carbocycles. The SMILES string of the molecule is COc1cc(C(=O)NCC(C)(C)CN)ccc1Nc1ncc2c(n1)N(C1CCCC1)CCC(=O)N2C. The summed E-state index contributed by atoms with van der Waals surface area (Å²) >= 11 is 0. The molecule has 1 aliphatic heterocycles. The molecule has 2 heterocycles. The molecular formula is C26H37N7O3. The Bertz CT molecular complexity index is 1110. The highest BCUT2D eigenvalue weighted by molar-refractivity contribution is 5.97. The predicted octanol–water partition coefficient (Wildman–Crippen LogP) is 3.06. The van der Waals surface area contributed by atoms with Crippen LogP contribution in [-0.2, 0) is 4.79 Å². The number of carbonyl (C=O) groups is 2. The molecule has 2 aliphatic rings. The lowest BCUT2D eigenvalue weighted by Crippen LogP contribution is -2.38. The van der Waals surface area contributed by atoms with Crippen LogP contribution in [0.4, 0.5) is 23.1 Å². The zero-order valence-corrected chi connectivity index (χ0v) is 21.6. The van der Waals surface area contributed by atoms with Crippen molar-refractivity contribution in [3.05, 3.63) is 30.0 Å². The van der Waals surface area contributed by atoms with E-state index in [1.54, 1.807) is 43.5 Å². The van der Waals surface area contributed by atoms with E-state index < -0.39 is 0 Å². The van der Waals surface area contributed by atoms with Gasteiger partial charge in [-0.1, -0.05) is 26.7 Å². The van der Waals surface area contributed by atoms with Gasteiger partial charge in [0, 0.05) is 38.2 Å². The Balaban J connectivity index is 1.58. The molecule has 0 spiro atoms. The van der Waals surface area contributed by atoms with Crippen LogP contribution in [0, 0.1) is 5.41 Å². The van der Waals surface area contributed by atoms with Crippen molar-refractivity contribution in [1.82, 2.24) is 15.3 Å². The standard InChI is InChI=1S/C26H37N7O3/c1-26(2,15-27)16-29-24(35)17-9-10-19(21(13-17)36-4)30-25-28-14-20-23(31-25)33(18-7-5-6-8-18)12-11-22(34)32(20)3/h9-10,13-14,18H,5-8,11-12,15-16,27H2,1-4H3,(H,29,35)(H,28,30,31). The second-order valence-electron chi connectivity index (χ2n) is 10.3. The Morgan fingerprint density at radius 3 is 2.72 bits per heavy atom. The number of hydrogen-bond donors (Lipinski definition) is 3. The topological polar surface area (TPSA) is 126 Å². The molecule has 0 bridgehead atoms. The van der Waals surface area contributed by atoms with Crippen molar-refractivity contribution >= 4 is 35.0 Å². The molecule has 2 aromatic rings. The molecule has 0 unspecified atom stereocenters. The number of rotatable bonds is 8. The molecule has 1 fully saturated rings. The molecule has 10 heteroatoms. The summed E-state index contributed by atoms with van der Waals surface area (Å²) in [6, 6.07) is 5.58. The fraction of sp³-hybridized carbons (Fsp3) is 0.538. The van der Waals surface area contributed by atoms with Crippen LogP contribution in [0.15, 0.2) is 24.4 Å². The summed E-state index contributed by atoms with van der Waals surface area (Å²) in [7, 11) is 3.33. The first-order chi connectivity index (χ1) is 17.2. The maximum Gasteiger partial charge on any atom is 0.251 e. The lowest BCUT2D eigenvalue weighted by Gasteiger charge is -2.30. The number of nitrogens with two attached hydrogens (primary N) is 1. The number of methoxy groups -OCH3 is 1. The van der Waals surface area contributed by atoms with Gasteiger partial charge in [-0.25, -0.2) is 4.98 Å². The molecule has 4 N–H and O–H groups in total. The fourth-order valence-corrected chi connectivity index (χ4v) is 4.62. The number of carbonyl (C=O) groups excluding carboxylic acids is 2. The Kier molecular flexibility index (Phi) is 7.63. The van der Waals surface area contributed by atoms with Gasteiger partial charge in [0.05, 0.1) is 19.0 Å². The summed E-state index contributed by atoms with van der Waals surface area (Å²) < 4.78 is 5.56. The molecule has 36 heavy (non-hydrogen) atoms. The Morgan fingerprint density at radius 1 is 1.28 bits per heavy atom. The average Bonchev–Trinajstić information content (AvgIpc) is 3.38. The van der Waals surface area contributed by atoms with E-state index in [1.165, 1.54) is 12.8 Å². The number of amides is 2. The summed E-state index contributed by atoms with van der Waals surface area (Å²) in [6.45, 7) is 5.60.